The van der Waals surface area contributed by atoms with Crippen molar-refractivity contribution in [1.82, 2.24) is 4.57 Å². The van der Waals surface area contributed by atoms with Crippen molar-refractivity contribution in [2.45, 2.75) is 47.1 Å². The van der Waals surface area contributed by atoms with E-state index < -0.39 is 0 Å². The second kappa shape index (κ2) is 9.50. The number of nitrogens with zero attached hydrogens (tertiary/aromatic N) is 1. The van der Waals surface area contributed by atoms with Crippen LogP contribution < -0.4 is 14.8 Å². The molecular weight excluding hydrogens is 364 g/mol. The Morgan fingerprint density at radius 3 is 2.38 bits per heavy atom. The van der Waals surface area contributed by atoms with E-state index in [9.17, 15) is 4.79 Å². The molecule has 5 nitrogen and oxygen atoms in total. The van der Waals surface area contributed by atoms with Gasteiger partial charge in [-0.3, -0.25) is 4.79 Å². The highest BCUT2D eigenvalue weighted by molar-refractivity contribution is 6.08. The Bertz CT molecular complexity index is 974. The van der Waals surface area contributed by atoms with Gasteiger partial charge in [0.1, 0.15) is 17.2 Å². The van der Waals surface area contributed by atoms with Crippen LogP contribution in [0, 0.1) is 6.92 Å². The van der Waals surface area contributed by atoms with Crippen LogP contribution in [0.1, 0.15) is 49.7 Å². The number of hydrogen-bond acceptors (Lipinski definition) is 3. The fourth-order valence-electron chi connectivity index (χ4n) is 3.54. The van der Waals surface area contributed by atoms with E-state index in [1.54, 1.807) is 0 Å². The number of ether oxygens (including phenoxy) is 2. The lowest BCUT2D eigenvalue weighted by molar-refractivity contribution is 0.101. The number of unbranched alkanes of at least 4 members (excludes halogenated alkanes) is 1. The van der Waals surface area contributed by atoms with Crippen molar-refractivity contribution < 1.29 is 14.3 Å². The van der Waals surface area contributed by atoms with E-state index in [-0.39, 0.29) is 5.91 Å². The number of hydrogen-bond donors (Lipinski definition) is 1. The Morgan fingerprint density at radius 2 is 1.72 bits per heavy atom. The minimum atomic E-state index is -0.113. The highest BCUT2D eigenvalue weighted by atomic mass is 16.5. The van der Waals surface area contributed by atoms with Gasteiger partial charge in [0.05, 0.1) is 13.2 Å². The maximum atomic E-state index is 13.1. The van der Waals surface area contributed by atoms with E-state index in [4.69, 9.17) is 9.47 Å². The molecule has 2 aromatic carbocycles. The summed E-state index contributed by atoms with van der Waals surface area (Å²) >= 11 is 0. The summed E-state index contributed by atoms with van der Waals surface area (Å²) in [7, 11) is 0. The molecule has 1 N–H and O–H groups in total. The molecule has 1 amide bonds. The third-order valence-electron chi connectivity index (χ3n) is 5.01. The van der Waals surface area contributed by atoms with E-state index in [1.165, 1.54) is 0 Å². The Balaban J connectivity index is 1.84. The Labute approximate surface area is 172 Å². The van der Waals surface area contributed by atoms with Gasteiger partial charge in [-0.2, -0.15) is 0 Å². The Morgan fingerprint density at radius 1 is 1.00 bits per heavy atom. The van der Waals surface area contributed by atoms with Gasteiger partial charge in [-0.1, -0.05) is 13.3 Å². The molecule has 5 heteroatoms. The van der Waals surface area contributed by atoms with E-state index in [1.807, 2.05) is 56.3 Å². The highest BCUT2D eigenvalue weighted by Crippen LogP contribution is 2.30. The molecule has 0 aliphatic carbocycles. The van der Waals surface area contributed by atoms with Gasteiger partial charge < -0.3 is 19.4 Å². The lowest BCUT2D eigenvalue weighted by Crippen LogP contribution is -2.17. The molecule has 1 aromatic heterocycles. The number of anilines is 1. The molecule has 29 heavy (non-hydrogen) atoms. The fraction of sp³-hybridized carbons (Fsp3) is 0.375. The number of aromatic nitrogens is 1. The van der Waals surface area contributed by atoms with Crippen molar-refractivity contribution >= 4 is 22.5 Å². The standard InChI is InChI=1S/C24H30N2O3/c1-5-8-15-29-19-11-9-18(10-12-19)25-24(27)23-17(4)21-16-20(28-7-3)13-14-22(21)26(23)6-2/h9-14,16H,5-8,15H2,1-4H3,(H,25,27). The normalized spacial score (nSPS) is 10.9. The zero-order chi connectivity index (χ0) is 20.8. The number of fused-ring (bicyclic) bond motifs is 1. The average molecular weight is 395 g/mol. The second-order valence-corrected chi connectivity index (χ2v) is 7.01. The van der Waals surface area contributed by atoms with Crippen LogP contribution in [0.4, 0.5) is 5.69 Å². The molecule has 0 atom stereocenters. The summed E-state index contributed by atoms with van der Waals surface area (Å²) < 4.78 is 13.4. The summed E-state index contributed by atoms with van der Waals surface area (Å²) in [5.74, 6) is 1.53. The second-order valence-electron chi connectivity index (χ2n) is 7.01. The summed E-state index contributed by atoms with van der Waals surface area (Å²) in [5, 5.41) is 4.07. The molecule has 0 aliphatic rings. The minimum absolute atomic E-state index is 0.113. The summed E-state index contributed by atoms with van der Waals surface area (Å²) in [6.07, 6.45) is 2.13. The topological polar surface area (TPSA) is 52.5 Å². The molecule has 1 heterocycles. The first-order valence-corrected chi connectivity index (χ1v) is 10.4. The first-order chi connectivity index (χ1) is 14.1. The van der Waals surface area contributed by atoms with E-state index in [0.29, 0.717) is 25.5 Å². The molecule has 0 radical (unpaired) electrons. The van der Waals surface area contributed by atoms with Crippen molar-refractivity contribution in [1.29, 1.82) is 0 Å². The quantitative estimate of drug-likeness (QED) is 0.467. The zero-order valence-corrected chi connectivity index (χ0v) is 17.7. The fourth-order valence-corrected chi connectivity index (χ4v) is 3.54. The van der Waals surface area contributed by atoms with Crippen LogP contribution in [0.25, 0.3) is 10.9 Å². The van der Waals surface area contributed by atoms with Gasteiger partial charge in [0.15, 0.2) is 0 Å². The maximum Gasteiger partial charge on any atom is 0.272 e. The van der Waals surface area contributed by atoms with Crippen LogP contribution in [0.5, 0.6) is 11.5 Å². The molecule has 0 bridgehead atoms. The molecule has 3 aromatic rings. The molecule has 0 spiro atoms. The molecule has 0 saturated heterocycles. The Hall–Kier alpha value is -2.95. The molecule has 0 fully saturated rings. The first kappa shape index (κ1) is 20.8. The van der Waals surface area contributed by atoms with Gasteiger partial charge in [-0.05, 0) is 75.2 Å². The number of rotatable bonds is 9. The lowest BCUT2D eigenvalue weighted by atomic mass is 10.1. The SMILES string of the molecule is CCCCOc1ccc(NC(=O)c2c(C)c3cc(OCC)ccc3n2CC)cc1. The number of benzene rings is 2. The zero-order valence-electron chi connectivity index (χ0n) is 17.7. The monoisotopic (exact) mass is 394 g/mol. The third kappa shape index (κ3) is 4.56. The van der Waals surface area contributed by atoms with E-state index in [0.717, 1.165) is 46.5 Å². The molecular formula is C24H30N2O3. The van der Waals surface area contributed by atoms with Gasteiger partial charge in [-0.25, -0.2) is 0 Å². The number of nitrogens with one attached hydrogen (secondary N) is 1. The van der Waals surface area contributed by atoms with Crippen molar-refractivity contribution in [3.8, 4) is 11.5 Å². The van der Waals surface area contributed by atoms with Crippen LogP contribution in [0.3, 0.4) is 0 Å². The minimum Gasteiger partial charge on any atom is -0.494 e. The molecule has 0 unspecified atom stereocenters. The van der Waals surface area contributed by atoms with Crippen molar-refractivity contribution in [2.75, 3.05) is 18.5 Å². The van der Waals surface area contributed by atoms with Gasteiger partial charge in [0.2, 0.25) is 0 Å². The van der Waals surface area contributed by atoms with Crippen LogP contribution in [0.2, 0.25) is 0 Å². The smallest absolute Gasteiger partial charge is 0.272 e. The van der Waals surface area contributed by atoms with Crippen LogP contribution in [0.15, 0.2) is 42.5 Å². The van der Waals surface area contributed by atoms with Gasteiger partial charge in [-0.15, -0.1) is 0 Å². The van der Waals surface area contributed by atoms with Crippen molar-refractivity contribution in [3.05, 3.63) is 53.7 Å². The molecule has 3 rings (SSSR count). The van der Waals surface area contributed by atoms with Crippen LogP contribution in [-0.2, 0) is 6.54 Å². The number of amides is 1. The Kier molecular flexibility index (Phi) is 6.81. The van der Waals surface area contributed by atoms with Gasteiger partial charge >= 0.3 is 0 Å². The van der Waals surface area contributed by atoms with Gasteiger partial charge in [0.25, 0.3) is 5.91 Å². The van der Waals surface area contributed by atoms with E-state index in [2.05, 4.69) is 23.7 Å². The molecule has 0 saturated carbocycles. The maximum absolute atomic E-state index is 13.1. The summed E-state index contributed by atoms with van der Waals surface area (Å²) in [6, 6.07) is 13.5. The molecule has 0 aliphatic heterocycles. The summed E-state index contributed by atoms with van der Waals surface area (Å²) in [6.45, 7) is 10.2. The summed E-state index contributed by atoms with van der Waals surface area (Å²) in [5.41, 5.74) is 3.43. The van der Waals surface area contributed by atoms with Crippen LogP contribution >= 0.6 is 0 Å². The first-order valence-electron chi connectivity index (χ1n) is 10.4. The van der Waals surface area contributed by atoms with Crippen LogP contribution in [-0.4, -0.2) is 23.7 Å². The lowest BCUT2D eigenvalue weighted by Gasteiger charge is -2.11. The molecule has 154 valence electrons. The number of carbonyl (C=O) groups excluding carboxylic acids is 1. The number of carbonyl (C=O) groups is 1. The number of aryl methyl sites for hydroxylation is 2. The van der Waals surface area contributed by atoms with Crippen molar-refractivity contribution in [3.63, 3.8) is 0 Å². The predicted octanol–water partition coefficient (Wildman–Crippen LogP) is 5.80. The predicted molar refractivity (Wildman–Crippen MR) is 118 cm³/mol. The largest absolute Gasteiger partial charge is 0.494 e. The third-order valence-corrected chi connectivity index (χ3v) is 5.01. The van der Waals surface area contributed by atoms with Gasteiger partial charge in [0, 0.05) is 23.1 Å². The highest BCUT2D eigenvalue weighted by Gasteiger charge is 2.20. The average Bonchev–Trinajstić information content (AvgIpc) is 3.01. The summed E-state index contributed by atoms with van der Waals surface area (Å²) in [4.78, 5) is 13.1. The van der Waals surface area contributed by atoms with Crippen molar-refractivity contribution in [2.24, 2.45) is 0 Å². The van der Waals surface area contributed by atoms with E-state index >= 15 is 0 Å².